The van der Waals surface area contributed by atoms with Crippen LogP contribution < -0.4 is 0 Å². The van der Waals surface area contributed by atoms with E-state index in [0.717, 1.165) is 6.42 Å². The molecule has 1 saturated carbocycles. The van der Waals surface area contributed by atoms with Gasteiger partial charge in [-0.15, -0.1) is 0 Å². The van der Waals surface area contributed by atoms with Gasteiger partial charge in [-0.3, -0.25) is 19.2 Å². The first kappa shape index (κ1) is 14.1. The number of rotatable bonds is 4. The van der Waals surface area contributed by atoms with Crippen molar-refractivity contribution < 1.29 is 19.2 Å². The van der Waals surface area contributed by atoms with Crippen molar-refractivity contribution in [3.63, 3.8) is 0 Å². The van der Waals surface area contributed by atoms with Crippen LogP contribution in [0.2, 0.25) is 0 Å². The molecule has 3 rings (SSSR count). The van der Waals surface area contributed by atoms with Crippen LogP contribution in [0, 0.1) is 23.7 Å². The summed E-state index contributed by atoms with van der Waals surface area (Å²) in [6.45, 7) is 2.94. The summed E-state index contributed by atoms with van der Waals surface area (Å²) >= 11 is 0. The topological polar surface area (TPSA) is 68.3 Å². The van der Waals surface area contributed by atoms with Crippen molar-refractivity contribution >= 4 is 23.1 Å². The molecule has 0 spiro atoms. The van der Waals surface area contributed by atoms with Crippen LogP contribution in [0.25, 0.3) is 0 Å². The first-order valence-corrected chi connectivity index (χ1v) is 7.37. The number of carbonyl (C=O) groups is 4. The minimum absolute atomic E-state index is 0.0285. The number of ketones is 4. The maximum atomic E-state index is 12.5. The molecule has 0 heterocycles. The zero-order valence-electron chi connectivity index (χ0n) is 12.2. The van der Waals surface area contributed by atoms with Crippen LogP contribution in [0.4, 0.5) is 0 Å². The van der Waals surface area contributed by atoms with E-state index in [1.165, 1.54) is 13.8 Å². The van der Waals surface area contributed by atoms with Gasteiger partial charge in [0.05, 0.1) is 0 Å². The summed E-state index contributed by atoms with van der Waals surface area (Å²) in [7, 11) is 0. The highest BCUT2D eigenvalue weighted by atomic mass is 16.1. The molecule has 0 N–H and O–H groups in total. The van der Waals surface area contributed by atoms with Gasteiger partial charge in [-0.05, 0) is 43.3 Å². The molecule has 0 radical (unpaired) electrons. The fourth-order valence-corrected chi connectivity index (χ4v) is 4.14. The quantitative estimate of drug-likeness (QED) is 0.790. The summed E-state index contributed by atoms with van der Waals surface area (Å²) in [5.41, 5.74) is 1.15. The molecule has 0 bridgehead atoms. The lowest BCUT2D eigenvalue weighted by Crippen LogP contribution is -2.27. The van der Waals surface area contributed by atoms with Crippen LogP contribution in [-0.2, 0) is 19.2 Å². The third-order valence-corrected chi connectivity index (χ3v) is 4.80. The lowest BCUT2D eigenvalue weighted by Gasteiger charge is -2.16. The van der Waals surface area contributed by atoms with E-state index < -0.39 is 0 Å². The predicted octanol–water partition coefficient (Wildman–Crippen LogP) is 1.83. The Morgan fingerprint density at radius 1 is 0.905 bits per heavy atom. The summed E-state index contributed by atoms with van der Waals surface area (Å²) < 4.78 is 0. The Morgan fingerprint density at radius 3 is 1.62 bits per heavy atom. The summed E-state index contributed by atoms with van der Waals surface area (Å²) in [5, 5.41) is 0. The second kappa shape index (κ2) is 4.86. The van der Waals surface area contributed by atoms with Crippen LogP contribution in [0.3, 0.4) is 0 Å². The van der Waals surface area contributed by atoms with Gasteiger partial charge in [0.15, 0.2) is 11.6 Å². The average molecular weight is 286 g/mol. The molecule has 0 aromatic carbocycles. The Bertz CT molecular complexity index is 569. The third-order valence-electron chi connectivity index (χ3n) is 4.80. The molecule has 3 aliphatic carbocycles. The Labute approximate surface area is 123 Å². The molecular formula is C17H18O4. The first-order valence-electron chi connectivity index (χ1n) is 7.37. The molecule has 3 aliphatic rings. The number of hydrogen-bond acceptors (Lipinski definition) is 4. The highest BCUT2D eigenvalue weighted by Crippen LogP contribution is 2.53. The highest BCUT2D eigenvalue weighted by Gasteiger charge is 2.55. The van der Waals surface area contributed by atoms with Crippen LogP contribution in [0.1, 0.15) is 33.1 Å². The molecular weight excluding hydrogens is 268 g/mol. The molecule has 21 heavy (non-hydrogen) atoms. The number of fused-ring (bicyclic) bond motifs is 3. The lowest BCUT2D eigenvalue weighted by atomic mass is 9.84. The van der Waals surface area contributed by atoms with Gasteiger partial charge < -0.3 is 0 Å². The van der Waals surface area contributed by atoms with Crippen molar-refractivity contribution in [2.75, 3.05) is 0 Å². The maximum Gasteiger partial charge on any atom is 0.163 e. The van der Waals surface area contributed by atoms with E-state index >= 15 is 0 Å². The summed E-state index contributed by atoms with van der Waals surface area (Å²) in [6, 6.07) is 0. The third kappa shape index (κ3) is 2.23. The minimum Gasteiger partial charge on any atom is -0.300 e. The number of allylic oxidation sites excluding steroid dienone is 4. The predicted molar refractivity (Wildman–Crippen MR) is 75.4 cm³/mol. The molecule has 0 aromatic heterocycles. The Balaban J connectivity index is 1.81. The summed E-state index contributed by atoms with van der Waals surface area (Å²) in [5.74, 6) is -0.572. The molecule has 0 aromatic rings. The summed E-state index contributed by atoms with van der Waals surface area (Å²) in [6.07, 6.45) is 4.92. The smallest absolute Gasteiger partial charge is 0.163 e. The Hall–Kier alpha value is -1.84. The zero-order chi connectivity index (χ0) is 15.3. The van der Waals surface area contributed by atoms with E-state index in [4.69, 9.17) is 0 Å². The van der Waals surface area contributed by atoms with Crippen molar-refractivity contribution in [1.29, 1.82) is 0 Å². The first-order chi connectivity index (χ1) is 9.88. The normalized spacial score (nSPS) is 33.6. The molecule has 0 saturated heterocycles. The van der Waals surface area contributed by atoms with Gasteiger partial charge in [0.2, 0.25) is 0 Å². The Morgan fingerprint density at radius 2 is 1.29 bits per heavy atom. The van der Waals surface area contributed by atoms with Gasteiger partial charge in [-0.25, -0.2) is 0 Å². The molecule has 110 valence electrons. The van der Waals surface area contributed by atoms with E-state index in [2.05, 4.69) is 0 Å². The van der Waals surface area contributed by atoms with E-state index in [1.54, 1.807) is 0 Å². The van der Waals surface area contributed by atoms with Crippen LogP contribution in [0.5, 0.6) is 0 Å². The van der Waals surface area contributed by atoms with Gasteiger partial charge in [-0.2, -0.15) is 0 Å². The number of Topliss-reactive ketones (excluding diaryl/α,β-unsaturated/α-hetero) is 4. The van der Waals surface area contributed by atoms with Gasteiger partial charge in [0, 0.05) is 24.7 Å². The fraction of sp³-hybridized carbons (Fsp3) is 0.529. The maximum absolute atomic E-state index is 12.5. The zero-order valence-corrected chi connectivity index (χ0v) is 12.2. The number of carbonyl (C=O) groups excluding carboxylic acids is 4. The van der Waals surface area contributed by atoms with Gasteiger partial charge in [0.1, 0.15) is 11.6 Å². The van der Waals surface area contributed by atoms with Crippen molar-refractivity contribution in [2.24, 2.45) is 23.7 Å². The molecule has 4 nitrogen and oxygen atoms in total. The Kier molecular flexibility index (Phi) is 3.27. The van der Waals surface area contributed by atoms with Crippen molar-refractivity contribution in [1.82, 2.24) is 0 Å². The minimum atomic E-state index is -0.308. The monoisotopic (exact) mass is 286 g/mol. The van der Waals surface area contributed by atoms with Crippen LogP contribution >= 0.6 is 0 Å². The number of hydrogen-bond donors (Lipinski definition) is 0. The van der Waals surface area contributed by atoms with Crippen LogP contribution in [-0.4, -0.2) is 23.1 Å². The molecule has 4 atom stereocenters. The van der Waals surface area contributed by atoms with Crippen molar-refractivity contribution in [3.05, 3.63) is 23.3 Å². The standard InChI is InChI=1S/C17H18O4/c1-8(18)3-12-6-10-5-11-7-13(4-9(2)19)17(21)15(11)14(10)16(12)20/h6-7,10-11,14-15H,3-5H2,1-2H3/t10-,11+,14+,15-. The SMILES string of the molecule is CC(=O)CC1=C[C@H]2C[C@H]3C=C(CC(C)=O)C(=O)[C@H]3[C@H]2C1=O. The van der Waals surface area contributed by atoms with Crippen molar-refractivity contribution in [3.8, 4) is 0 Å². The molecule has 0 aliphatic heterocycles. The van der Waals surface area contributed by atoms with Gasteiger partial charge in [-0.1, -0.05) is 12.2 Å². The van der Waals surface area contributed by atoms with E-state index in [9.17, 15) is 19.2 Å². The van der Waals surface area contributed by atoms with E-state index in [0.29, 0.717) is 11.1 Å². The highest BCUT2D eigenvalue weighted by molar-refractivity contribution is 6.11. The van der Waals surface area contributed by atoms with E-state index in [-0.39, 0.29) is 59.6 Å². The largest absolute Gasteiger partial charge is 0.300 e. The molecule has 1 fully saturated rings. The molecule has 4 heteroatoms. The second-order valence-electron chi connectivity index (χ2n) is 6.48. The van der Waals surface area contributed by atoms with Crippen molar-refractivity contribution in [2.45, 2.75) is 33.1 Å². The van der Waals surface area contributed by atoms with E-state index in [1.807, 2.05) is 12.2 Å². The lowest BCUT2D eigenvalue weighted by molar-refractivity contribution is -0.128. The molecule has 0 amide bonds. The average Bonchev–Trinajstić information content (AvgIpc) is 2.93. The fourth-order valence-electron chi connectivity index (χ4n) is 4.14. The van der Waals surface area contributed by atoms with Gasteiger partial charge >= 0.3 is 0 Å². The second-order valence-corrected chi connectivity index (χ2v) is 6.48. The summed E-state index contributed by atoms with van der Waals surface area (Å²) in [4.78, 5) is 47.4. The molecule has 0 unspecified atom stereocenters. The van der Waals surface area contributed by atoms with Gasteiger partial charge in [0.25, 0.3) is 0 Å². The van der Waals surface area contributed by atoms with Crippen LogP contribution in [0.15, 0.2) is 23.3 Å².